The predicted octanol–water partition coefficient (Wildman–Crippen LogP) is 2.30. The molecule has 0 aliphatic rings. The highest BCUT2D eigenvalue weighted by atomic mass is 16.5. The SMILES string of the molecule is COCCCn1cc(C)nc1NCCCc1cn[nH]c1C. The summed E-state index contributed by atoms with van der Waals surface area (Å²) in [6.07, 6.45) is 7.07. The summed E-state index contributed by atoms with van der Waals surface area (Å²) in [5, 5.41) is 10.4. The number of nitrogens with zero attached hydrogens (tertiary/aromatic N) is 3. The van der Waals surface area contributed by atoms with Crippen molar-refractivity contribution in [3.63, 3.8) is 0 Å². The van der Waals surface area contributed by atoms with Gasteiger partial charge in [-0.25, -0.2) is 4.98 Å². The number of hydrogen-bond donors (Lipinski definition) is 2. The molecule has 0 spiro atoms. The topological polar surface area (TPSA) is 67.8 Å². The largest absolute Gasteiger partial charge is 0.385 e. The lowest BCUT2D eigenvalue weighted by Crippen LogP contribution is -2.10. The smallest absolute Gasteiger partial charge is 0.203 e. The summed E-state index contributed by atoms with van der Waals surface area (Å²) in [6.45, 7) is 6.69. The second-order valence-electron chi connectivity index (χ2n) is 5.30. The molecule has 21 heavy (non-hydrogen) atoms. The average molecular weight is 291 g/mol. The minimum Gasteiger partial charge on any atom is -0.385 e. The summed E-state index contributed by atoms with van der Waals surface area (Å²) in [5.41, 5.74) is 3.49. The molecular formula is C15H25N5O. The monoisotopic (exact) mass is 291 g/mol. The van der Waals surface area contributed by atoms with E-state index in [1.165, 1.54) is 5.56 Å². The summed E-state index contributed by atoms with van der Waals surface area (Å²) in [4.78, 5) is 4.53. The first kappa shape index (κ1) is 15.6. The van der Waals surface area contributed by atoms with Gasteiger partial charge in [0.15, 0.2) is 0 Å². The van der Waals surface area contributed by atoms with Crippen molar-refractivity contribution in [2.75, 3.05) is 25.6 Å². The molecule has 0 saturated heterocycles. The Hall–Kier alpha value is -1.82. The predicted molar refractivity (Wildman–Crippen MR) is 83.6 cm³/mol. The molecule has 6 nitrogen and oxygen atoms in total. The Balaban J connectivity index is 1.78. The van der Waals surface area contributed by atoms with E-state index in [1.807, 2.05) is 13.1 Å². The number of H-pyrrole nitrogens is 1. The van der Waals surface area contributed by atoms with Gasteiger partial charge < -0.3 is 14.6 Å². The minimum atomic E-state index is 0.774. The van der Waals surface area contributed by atoms with E-state index in [9.17, 15) is 0 Å². The van der Waals surface area contributed by atoms with Crippen LogP contribution >= 0.6 is 0 Å². The number of ether oxygens (including phenoxy) is 1. The molecule has 0 radical (unpaired) electrons. The average Bonchev–Trinajstić information content (AvgIpc) is 3.02. The summed E-state index contributed by atoms with van der Waals surface area (Å²) < 4.78 is 7.26. The fraction of sp³-hybridized carbons (Fsp3) is 0.600. The first-order valence-electron chi connectivity index (χ1n) is 7.46. The lowest BCUT2D eigenvalue weighted by molar-refractivity contribution is 0.190. The van der Waals surface area contributed by atoms with Gasteiger partial charge in [-0.1, -0.05) is 0 Å². The zero-order valence-corrected chi connectivity index (χ0v) is 13.1. The molecule has 0 atom stereocenters. The molecule has 0 amide bonds. The van der Waals surface area contributed by atoms with Crippen molar-refractivity contribution in [1.29, 1.82) is 0 Å². The Labute approximate surface area is 125 Å². The van der Waals surface area contributed by atoms with Crippen LogP contribution < -0.4 is 5.32 Å². The van der Waals surface area contributed by atoms with Crippen LogP contribution in [-0.4, -0.2) is 40.0 Å². The molecule has 0 saturated carbocycles. The lowest BCUT2D eigenvalue weighted by atomic mass is 10.1. The number of aryl methyl sites for hydroxylation is 4. The molecule has 2 rings (SSSR count). The number of rotatable bonds is 9. The molecule has 2 N–H and O–H groups in total. The summed E-state index contributed by atoms with van der Waals surface area (Å²) in [5.74, 6) is 0.951. The Morgan fingerprint density at radius 3 is 2.90 bits per heavy atom. The molecule has 0 aliphatic heterocycles. The van der Waals surface area contributed by atoms with Crippen molar-refractivity contribution in [2.24, 2.45) is 0 Å². The third-order valence-corrected chi connectivity index (χ3v) is 3.48. The minimum absolute atomic E-state index is 0.774. The van der Waals surface area contributed by atoms with Gasteiger partial charge in [-0.05, 0) is 38.7 Å². The van der Waals surface area contributed by atoms with Crippen molar-refractivity contribution in [3.05, 3.63) is 29.3 Å². The van der Waals surface area contributed by atoms with Gasteiger partial charge in [0.1, 0.15) is 0 Å². The number of aromatic amines is 1. The van der Waals surface area contributed by atoms with Gasteiger partial charge in [0.25, 0.3) is 0 Å². The summed E-state index contributed by atoms with van der Waals surface area (Å²) in [6, 6.07) is 0. The van der Waals surface area contributed by atoms with Crippen LogP contribution in [0.25, 0.3) is 0 Å². The maximum atomic E-state index is 5.10. The summed E-state index contributed by atoms with van der Waals surface area (Å²) >= 11 is 0. The van der Waals surface area contributed by atoms with Crippen molar-refractivity contribution in [3.8, 4) is 0 Å². The quantitative estimate of drug-likeness (QED) is 0.696. The molecule has 6 heteroatoms. The molecule has 0 aromatic carbocycles. The molecule has 0 aliphatic carbocycles. The van der Waals surface area contributed by atoms with E-state index in [4.69, 9.17) is 4.74 Å². The summed E-state index contributed by atoms with van der Waals surface area (Å²) in [7, 11) is 1.73. The van der Waals surface area contributed by atoms with Crippen molar-refractivity contribution >= 4 is 5.95 Å². The number of aromatic nitrogens is 4. The molecule has 116 valence electrons. The van der Waals surface area contributed by atoms with E-state index in [1.54, 1.807) is 7.11 Å². The Bertz CT molecular complexity index is 546. The van der Waals surface area contributed by atoms with E-state index in [-0.39, 0.29) is 0 Å². The number of nitrogens with one attached hydrogen (secondary N) is 2. The highest BCUT2D eigenvalue weighted by molar-refractivity contribution is 5.28. The zero-order valence-electron chi connectivity index (χ0n) is 13.1. The van der Waals surface area contributed by atoms with E-state index >= 15 is 0 Å². The molecular weight excluding hydrogens is 266 g/mol. The van der Waals surface area contributed by atoms with E-state index in [0.717, 1.165) is 56.3 Å². The number of hydrogen-bond acceptors (Lipinski definition) is 4. The third-order valence-electron chi connectivity index (χ3n) is 3.48. The molecule has 2 aromatic rings. The number of methoxy groups -OCH3 is 1. The second-order valence-corrected chi connectivity index (χ2v) is 5.30. The fourth-order valence-electron chi connectivity index (χ4n) is 2.34. The number of anilines is 1. The van der Waals surface area contributed by atoms with Gasteiger partial charge in [-0.3, -0.25) is 5.10 Å². The van der Waals surface area contributed by atoms with E-state index < -0.39 is 0 Å². The second kappa shape index (κ2) is 7.83. The van der Waals surface area contributed by atoms with Crippen molar-refractivity contribution in [2.45, 2.75) is 39.7 Å². The van der Waals surface area contributed by atoms with Gasteiger partial charge in [-0.15, -0.1) is 0 Å². The van der Waals surface area contributed by atoms with Crippen LogP contribution in [0.15, 0.2) is 12.4 Å². The van der Waals surface area contributed by atoms with Crippen LogP contribution in [-0.2, 0) is 17.7 Å². The molecule has 2 heterocycles. The first-order valence-corrected chi connectivity index (χ1v) is 7.46. The number of imidazole rings is 1. The third kappa shape index (κ3) is 4.60. The zero-order chi connectivity index (χ0) is 15.1. The van der Waals surface area contributed by atoms with Gasteiger partial charge in [0, 0.05) is 38.7 Å². The highest BCUT2D eigenvalue weighted by Crippen LogP contribution is 2.10. The Morgan fingerprint density at radius 1 is 1.33 bits per heavy atom. The highest BCUT2D eigenvalue weighted by Gasteiger charge is 2.05. The van der Waals surface area contributed by atoms with Crippen LogP contribution in [0.5, 0.6) is 0 Å². The maximum absolute atomic E-state index is 5.10. The van der Waals surface area contributed by atoms with Gasteiger partial charge >= 0.3 is 0 Å². The van der Waals surface area contributed by atoms with E-state index in [2.05, 4.69) is 38.2 Å². The van der Waals surface area contributed by atoms with Crippen molar-refractivity contribution in [1.82, 2.24) is 19.7 Å². The normalized spacial score (nSPS) is 11.0. The van der Waals surface area contributed by atoms with Crippen LogP contribution in [0.2, 0.25) is 0 Å². The Kier molecular flexibility index (Phi) is 5.80. The molecule has 0 bridgehead atoms. The maximum Gasteiger partial charge on any atom is 0.203 e. The van der Waals surface area contributed by atoms with Gasteiger partial charge in [0.05, 0.1) is 11.9 Å². The van der Waals surface area contributed by atoms with E-state index in [0.29, 0.717) is 0 Å². The fourth-order valence-corrected chi connectivity index (χ4v) is 2.34. The Morgan fingerprint density at radius 2 is 2.19 bits per heavy atom. The van der Waals surface area contributed by atoms with Gasteiger partial charge in [0.2, 0.25) is 5.95 Å². The van der Waals surface area contributed by atoms with Gasteiger partial charge in [-0.2, -0.15) is 5.10 Å². The van der Waals surface area contributed by atoms with Crippen molar-refractivity contribution < 1.29 is 4.74 Å². The lowest BCUT2D eigenvalue weighted by Gasteiger charge is -2.09. The van der Waals surface area contributed by atoms with Crippen LogP contribution in [0.3, 0.4) is 0 Å². The van der Waals surface area contributed by atoms with Crippen LogP contribution in [0.1, 0.15) is 29.8 Å². The van der Waals surface area contributed by atoms with Crippen LogP contribution in [0, 0.1) is 13.8 Å². The molecule has 0 fully saturated rings. The standard InChI is InChI=1S/C15H25N5O/c1-12-11-20(8-5-9-21-3)15(18-12)16-7-4-6-14-10-17-19-13(14)2/h10-11H,4-9H2,1-3H3,(H,16,18)(H,17,19). The van der Waals surface area contributed by atoms with Crippen LogP contribution in [0.4, 0.5) is 5.95 Å². The molecule has 0 unspecified atom stereocenters. The first-order chi connectivity index (χ1) is 10.2. The molecule has 2 aromatic heterocycles.